The maximum absolute atomic E-state index is 12.2. The van der Waals surface area contributed by atoms with Gasteiger partial charge in [-0.2, -0.15) is 0 Å². The van der Waals surface area contributed by atoms with Crippen molar-refractivity contribution in [1.29, 1.82) is 0 Å². The molecular weight excluding hydrogens is 272 g/mol. The lowest BCUT2D eigenvalue weighted by atomic mass is 9.98. The monoisotopic (exact) mass is 296 g/mol. The second kappa shape index (κ2) is 5.90. The van der Waals surface area contributed by atoms with Crippen LogP contribution >= 0.6 is 11.6 Å². The second-order valence-corrected chi connectivity index (χ2v) is 6.80. The van der Waals surface area contributed by atoms with Gasteiger partial charge in [-0.25, -0.2) is 0 Å². The predicted octanol–water partition coefficient (Wildman–Crippen LogP) is 3.57. The number of alkyl halides is 1. The van der Waals surface area contributed by atoms with Crippen molar-refractivity contribution in [3.8, 4) is 0 Å². The van der Waals surface area contributed by atoms with Gasteiger partial charge in [0.15, 0.2) is 5.78 Å². The van der Waals surface area contributed by atoms with E-state index in [2.05, 4.69) is 30.4 Å². The Morgan fingerprint density at radius 3 is 2.65 bits per heavy atom. The summed E-state index contributed by atoms with van der Waals surface area (Å²) < 4.78 is 2.34. The van der Waals surface area contributed by atoms with Crippen LogP contribution in [-0.2, 0) is 0 Å². The lowest BCUT2D eigenvalue weighted by molar-refractivity contribution is 0.0990. The van der Waals surface area contributed by atoms with Gasteiger partial charge < -0.3 is 9.47 Å². The quantitative estimate of drug-likeness (QED) is 0.629. The molecule has 0 spiro atoms. The molecule has 3 nitrogen and oxygen atoms in total. The summed E-state index contributed by atoms with van der Waals surface area (Å²) in [5, 5.41) is -0.458. The van der Waals surface area contributed by atoms with Crippen LogP contribution in [0.15, 0.2) is 6.07 Å². The van der Waals surface area contributed by atoms with Crippen LogP contribution < -0.4 is 0 Å². The Labute approximate surface area is 126 Å². The number of aryl methyl sites for hydroxylation is 1. The third-order valence-electron chi connectivity index (χ3n) is 4.66. The Kier molecular flexibility index (Phi) is 4.60. The number of ketones is 1. The molecule has 0 aliphatic carbocycles. The van der Waals surface area contributed by atoms with Crippen molar-refractivity contribution in [3.05, 3.63) is 23.0 Å². The summed E-state index contributed by atoms with van der Waals surface area (Å²) in [5.74, 6) is 0.0343. The van der Waals surface area contributed by atoms with Crippen molar-refractivity contribution in [2.24, 2.45) is 0 Å². The fourth-order valence-corrected chi connectivity index (χ4v) is 3.42. The van der Waals surface area contributed by atoms with E-state index in [0.29, 0.717) is 12.1 Å². The van der Waals surface area contributed by atoms with Crippen LogP contribution in [-0.4, -0.2) is 40.3 Å². The summed E-state index contributed by atoms with van der Waals surface area (Å²) in [7, 11) is 2.18. The number of piperidine rings is 1. The summed E-state index contributed by atoms with van der Waals surface area (Å²) in [6, 6.07) is 3.08. The molecule has 0 saturated carbocycles. The minimum Gasteiger partial charge on any atom is -0.345 e. The van der Waals surface area contributed by atoms with Crippen LogP contribution in [0, 0.1) is 13.8 Å². The summed E-state index contributed by atoms with van der Waals surface area (Å²) in [6.07, 6.45) is 2.28. The Morgan fingerprint density at radius 1 is 1.45 bits per heavy atom. The van der Waals surface area contributed by atoms with Gasteiger partial charge in [0, 0.05) is 35.6 Å². The zero-order valence-corrected chi connectivity index (χ0v) is 13.9. The number of carbonyl (C=O) groups excluding carboxylic acids is 1. The molecule has 1 saturated heterocycles. The Bertz CT molecular complexity index is 507. The van der Waals surface area contributed by atoms with Crippen molar-refractivity contribution >= 4 is 17.4 Å². The molecular formula is C16H25ClN2O. The van der Waals surface area contributed by atoms with E-state index in [9.17, 15) is 4.79 Å². The summed E-state index contributed by atoms with van der Waals surface area (Å²) in [4.78, 5) is 14.6. The molecule has 3 unspecified atom stereocenters. The Morgan fingerprint density at radius 2 is 2.10 bits per heavy atom. The number of likely N-dealkylation sites (tertiary alicyclic amines) is 1. The predicted molar refractivity (Wildman–Crippen MR) is 83.9 cm³/mol. The third-order valence-corrected chi connectivity index (χ3v) is 4.86. The Balaban J connectivity index is 2.31. The third kappa shape index (κ3) is 2.79. The molecule has 1 aromatic heterocycles. The van der Waals surface area contributed by atoms with Gasteiger partial charge in [-0.3, -0.25) is 4.79 Å². The van der Waals surface area contributed by atoms with Crippen LogP contribution in [0.5, 0.6) is 0 Å². The summed E-state index contributed by atoms with van der Waals surface area (Å²) >= 11 is 5.96. The molecule has 0 N–H and O–H groups in total. The first kappa shape index (κ1) is 15.6. The maximum atomic E-state index is 12.2. The molecule has 2 heterocycles. The molecule has 2 rings (SSSR count). The number of aromatic nitrogens is 1. The van der Waals surface area contributed by atoms with Crippen molar-refractivity contribution in [2.75, 3.05) is 13.6 Å². The average Bonchev–Trinajstić information content (AvgIpc) is 2.67. The molecule has 1 aliphatic heterocycles. The van der Waals surface area contributed by atoms with E-state index in [4.69, 9.17) is 11.6 Å². The standard InChI is InChI=1S/C16H25ClN2O/c1-10-8-14(6-7-18(10)5)19-11(2)9-15(13(19)4)16(20)12(3)17/h9-10,12,14H,6-8H2,1-5H3. The smallest absolute Gasteiger partial charge is 0.182 e. The van der Waals surface area contributed by atoms with E-state index in [1.54, 1.807) is 6.92 Å². The average molecular weight is 297 g/mol. The summed E-state index contributed by atoms with van der Waals surface area (Å²) in [5.41, 5.74) is 3.03. The molecule has 0 bridgehead atoms. The van der Waals surface area contributed by atoms with Crippen molar-refractivity contribution in [3.63, 3.8) is 0 Å². The first-order chi connectivity index (χ1) is 9.32. The van der Waals surface area contributed by atoms with Gasteiger partial charge in [0.2, 0.25) is 0 Å². The van der Waals surface area contributed by atoms with Crippen molar-refractivity contribution in [2.45, 2.75) is 58.0 Å². The number of nitrogens with zero attached hydrogens (tertiary/aromatic N) is 2. The molecule has 0 amide bonds. The molecule has 1 aromatic rings. The fourth-order valence-electron chi connectivity index (χ4n) is 3.30. The molecule has 1 aliphatic rings. The highest BCUT2D eigenvalue weighted by molar-refractivity contribution is 6.33. The highest BCUT2D eigenvalue weighted by Gasteiger charge is 2.28. The number of hydrogen-bond acceptors (Lipinski definition) is 2. The molecule has 3 atom stereocenters. The van der Waals surface area contributed by atoms with E-state index < -0.39 is 5.38 Å². The van der Waals surface area contributed by atoms with Crippen LogP contribution in [0.4, 0.5) is 0 Å². The number of halogens is 1. The van der Waals surface area contributed by atoms with Crippen molar-refractivity contribution in [1.82, 2.24) is 9.47 Å². The van der Waals surface area contributed by atoms with E-state index in [0.717, 1.165) is 30.6 Å². The highest BCUT2D eigenvalue weighted by atomic mass is 35.5. The highest BCUT2D eigenvalue weighted by Crippen LogP contribution is 2.31. The zero-order valence-electron chi connectivity index (χ0n) is 13.1. The molecule has 112 valence electrons. The number of carbonyl (C=O) groups is 1. The lowest BCUT2D eigenvalue weighted by Crippen LogP contribution is -2.38. The SMILES string of the molecule is Cc1cc(C(=O)C(C)Cl)c(C)n1C1CCN(C)C(C)C1. The molecule has 0 aromatic carbocycles. The van der Waals surface area contributed by atoms with Gasteiger partial charge >= 0.3 is 0 Å². The van der Waals surface area contributed by atoms with Crippen LogP contribution in [0.25, 0.3) is 0 Å². The molecule has 1 fully saturated rings. The minimum absolute atomic E-state index is 0.0343. The largest absolute Gasteiger partial charge is 0.345 e. The van der Waals surface area contributed by atoms with Gasteiger partial charge in [-0.1, -0.05) is 0 Å². The normalized spacial score (nSPS) is 25.7. The summed E-state index contributed by atoms with van der Waals surface area (Å²) in [6.45, 7) is 9.26. The first-order valence-corrected chi connectivity index (χ1v) is 7.83. The van der Waals surface area contributed by atoms with Gasteiger partial charge in [-0.15, -0.1) is 11.6 Å². The molecule has 0 radical (unpaired) electrons. The van der Waals surface area contributed by atoms with E-state index in [1.807, 2.05) is 13.0 Å². The maximum Gasteiger partial charge on any atom is 0.182 e. The topological polar surface area (TPSA) is 25.2 Å². The van der Waals surface area contributed by atoms with E-state index >= 15 is 0 Å². The Hall–Kier alpha value is -0.800. The lowest BCUT2D eigenvalue weighted by Gasteiger charge is -2.37. The number of rotatable bonds is 3. The van der Waals surface area contributed by atoms with Gasteiger partial charge in [-0.05, 0) is 53.7 Å². The van der Waals surface area contributed by atoms with Gasteiger partial charge in [0.05, 0.1) is 5.38 Å². The zero-order chi connectivity index (χ0) is 15.0. The number of Topliss-reactive ketones (excluding diaryl/α,β-unsaturated/α-hetero) is 1. The first-order valence-electron chi connectivity index (χ1n) is 7.39. The van der Waals surface area contributed by atoms with E-state index in [-0.39, 0.29) is 5.78 Å². The van der Waals surface area contributed by atoms with E-state index in [1.165, 1.54) is 5.69 Å². The molecule has 4 heteroatoms. The van der Waals surface area contributed by atoms with Crippen LogP contribution in [0.3, 0.4) is 0 Å². The minimum atomic E-state index is -0.458. The van der Waals surface area contributed by atoms with Crippen LogP contribution in [0.2, 0.25) is 0 Å². The van der Waals surface area contributed by atoms with Crippen LogP contribution in [0.1, 0.15) is 54.5 Å². The second-order valence-electron chi connectivity index (χ2n) is 6.14. The fraction of sp³-hybridized carbons (Fsp3) is 0.688. The van der Waals surface area contributed by atoms with Gasteiger partial charge in [0.1, 0.15) is 0 Å². The van der Waals surface area contributed by atoms with Crippen molar-refractivity contribution < 1.29 is 4.79 Å². The van der Waals surface area contributed by atoms with Gasteiger partial charge in [0.25, 0.3) is 0 Å². The number of hydrogen-bond donors (Lipinski definition) is 0. The molecule has 20 heavy (non-hydrogen) atoms.